The van der Waals surface area contributed by atoms with Crippen molar-refractivity contribution in [2.75, 3.05) is 13.1 Å². The highest BCUT2D eigenvalue weighted by atomic mass is 19.1. The molecule has 3 aromatic rings. The molecular formula is C18H19F2N5. The number of halogens is 2. The maximum atomic E-state index is 13.9. The molecule has 5 nitrogen and oxygen atoms in total. The third kappa shape index (κ3) is 3.11. The van der Waals surface area contributed by atoms with Gasteiger partial charge in [-0.2, -0.15) is 5.10 Å². The Morgan fingerprint density at radius 1 is 1.20 bits per heavy atom. The lowest BCUT2D eigenvalue weighted by Crippen LogP contribution is -2.34. The summed E-state index contributed by atoms with van der Waals surface area (Å²) in [7, 11) is 1.87. The number of nitrogens with zero attached hydrogens (tertiary/aromatic N) is 5. The standard InChI is InChI=1S/C18H19F2N5/c1-24-18-17(21-6-7-22-18)16(23-24)13-3-2-8-25(11-13)10-12-4-5-14(19)9-15(12)20/h4-7,9,13H,2-3,8,10-11H2,1H3. The zero-order valence-corrected chi connectivity index (χ0v) is 14.0. The quantitative estimate of drug-likeness (QED) is 0.733. The monoisotopic (exact) mass is 343 g/mol. The van der Waals surface area contributed by atoms with Crippen LogP contribution in [0.1, 0.15) is 30.0 Å². The predicted molar refractivity (Wildman–Crippen MR) is 89.9 cm³/mol. The number of hydrogen-bond acceptors (Lipinski definition) is 4. The second-order valence-electron chi connectivity index (χ2n) is 6.55. The molecule has 25 heavy (non-hydrogen) atoms. The van der Waals surface area contributed by atoms with E-state index in [0.29, 0.717) is 12.1 Å². The van der Waals surface area contributed by atoms with Gasteiger partial charge in [0.25, 0.3) is 0 Å². The summed E-state index contributed by atoms with van der Waals surface area (Å²) in [6.45, 7) is 2.14. The fourth-order valence-corrected chi connectivity index (χ4v) is 3.59. The average molecular weight is 343 g/mol. The van der Waals surface area contributed by atoms with E-state index >= 15 is 0 Å². The molecule has 130 valence electrons. The van der Waals surface area contributed by atoms with Crippen LogP contribution in [-0.2, 0) is 13.6 Å². The van der Waals surface area contributed by atoms with Crippen LogP contribution in [0.25, 0.3) is 11.2 Å². The van der Waals surface area contributed by atoms with Crippen molar-refractivity contribution < 1.29 is 8.78 Å². The molecule has 1 fully saturated rings. The van der Waals surface area contributed by atoms with Gasteiger partial charge in [0.15, 0.2) is 5.65 Å². The van der Waals surface area contributed by atoms with Gasteiger partial charge >= 0.3 is 0 Å². The molecule has 1 aromatic carbocycles. The molecule has 0 amide bonds. The second-order valence-corrected chi connectivity index (χ2v) is 6.55. The number of piperidine rings is 1. The topological polar surface area (TPSA) is 46.8 Å². The van der Waals surface area contributed by atoms with Crippen molar-refractivity contribution in [1.82, 2.24) is 24.6 Å². The molecule has 3 heterocycles. The number of likely N-dealkylation sites (tertiary alicyclic amines) is 1. The number of benzene rings is 1. The van der Waals surface area contributed by atoms with Crippen LogP contribution in [0.3, 0.4) is 0 Å². The number of hydrogen-bond donors (Lipinski definition) is 0. The molecule has 4 rings (SSSR count). The van der Waals surface area contributed by atoms with Crippen molar-refractivity contribution in [3.8, 4) is 0 Å². The zero-order chi connectivity index (χ0) is 17.4. The highest BCUT2D eigenvalue weighted by Gasteiger charge is 2.27. The molecule has 0 aliphatic carbocycles. The van der Waals surface area contributed by atoms with Crippen molar-refractivity contribution in [2.45, 2.75) is 25.3 Å². The van der Waals surface area contributed by atoms with Crippen LogP contribution in [0.15, 0.2) is 30.6 Å². The first-order chi connectivity index (χ1) is 12.1. The predicted octanol–water partition coefficient (Wildman–Crippen LogP) is 3.02. The fourth-order valence-electron chi connectivity index (χ4n) is 3.59. The van der Waals surface area contributed by atoms with E-state index in [-0.39, 0.29) is 5.92 Å². The van der Waals surface area contributed by atoms with Crippen LogP contribution in [-0.4, -0.2) is 37.7 Å². The summed E-state index contributed by atoms with van der Waals surface area (Å²) in [6, 6.07) is 3.77. The number of rotatable bonds is 3. The molecule has 1 aliphatic rings. The van der Waals surface area contributed by atoms with Crippen molar-refractivity contribution in [2.24, 2.45) is 7.05 Å². The lowest BCUT2D eigenvalue weighted by atomic mass is 9.94. The van der Waals surface area contributed by atoms with E-state index in [4.69, 9.17) is 0 Å². The van der Waals surface area contributed by atoms with Gasteiger partial charge in [0, 0.05) is 50.1 Å². The number of aryl methyl sites for hydroxylation is 1. The molecule has 0 N–H and O–H groups in total. The highest BCUT2D eigenvalue weighted by Crippen LogP contribution is 2.30. The fraction of sp³-hybridized carbons (Fsp3) is 0.389. The van der Waals surface area contributed by atoms with Gasteiger partial charge < -0.3 is 0 Å². The molecule has 7 heteroatoms. The van der Waals surface area contributed by atoms with E-state index in [2.05, 4.69) is 20.0 Å². The first-order valence-corrected chi connectivity index (χ1v) is 8.41. The summed E-state index contributed by atoms with van der Waals surface area (Å²) in [6.07, 6.45) is 5.37. The van der Waals surface area contributed by atoms with Gasteiger partial charge in [0.05, 0.1) is 5.69 Å². The molecule has 1 unspecified atom stereocenters. The van der Waals surface area contributed by atoms with E-state index in [1.807, 2.05) is 7.05 Å². The van der Waals surface area contributed by atoms with E-state index < -0.39 is 11.6 Å². The molecule has 1 aliphatic heterocycles. The lowest BCUT2D eigenvalue weighted by Gasteiger charge is -2.32. The van der Waals surface area contributed by atoms with Crippen LogP contribution >= 0.6 is 0 Å². The van der Waals surface area contributed by atoms with Gasteiger partial charge in [-0.15, -0.1) is 0 Å². The van der Waals surface area contributed by atoms with Crippen LogP contribution < -0.4 is 0 Å². The first-order valence-electron chi connectivity index (χ1n) is 8.41. The van der Waals surface area contributed by atoms with Gasteiger partial charge in [-0.3, -0.25) is 4.90 Å². The molecule has 2 aromatic heterocycles. The Kier molecular flexibility index (Phi) is 4.17. The Morgan fingerprint density at radius 2 is 2.04 bits per heavy atom. The summed E-state index contributed by atoms with van der Waals surface area (Å²) in [5, 5.41) is 4.63. The molecule has 0 radical (unpaired) electrons. The second kappa shape index (κ2) is 6.48. The van der Waals surface area contributed by atoms with E-state index in [1.54, 1.807) is 17.1 Å². The normalized spacial score (nSPS) is 18.8. The van der Waals surface area contributed by atoms with Crippen LogP contribution in [0.4, 0.5) is 8.78 Å². The van der Waals surface area contributed by atoms with Crippen molar-refractivity contribution in [3.63, 3.8) is 0 Å². The van der Waals surface area contributed by atoms with Crippen molar-refractivity contribution >= 4 is 11.2 Å². The molecule has 0 bridgehead atoms. The Bertz CT molecular complexity index is 908. The maximum absolute atomic E-state index is 13.9. The summed E-state index contributed by atoms with van der Waals surface area (Å²) in [4.78, 5) is 11.0. The Hall–Kier alpha value is -2.41. The SMILES string of the molecule is Cn1nc(C2CCCN(Cc3ccc(F)cc3F)C2)c2nccnc21. The van der Waals surface area contributed by atoms with Crippen LogP contribution in [0.5, 0.6) is 0 Å². The number of aromatic nitrogens is 4. The van der Waals surface area contributed by atoms with Gasteiger partial charge in [-0.05, 0) is 25.5 Å². The van der Waals surface area contributed by atoms with E-state index in [9.17, 15) is 8.78 Å². The highest BCUT2D eigenvalue weighted by molar-refractivity contribution is 5.73. The first kappa shape index (κ1) is 16.1. The van der Waals surface area contributed by atoms with E-state index in [0.717, 1.165) is 48.9 Å². The van der Waals surface area contributed by atoms with Crippen LogP contribution in [0, 0.1) is 11.6 Å². The minimum Gasteiger partial charge on any atom is -0.298 e. The summed E-state index contributed by atoms with van der Waals surface area (Å²) in [5.41, 5.74) is 3.09. The smallest absolute Gasteiger partial charge is 0.176 e. The molecular weight excluding hydrogens is 324 g/mol. The Labute approximate surface area is 144 Å². The summed E-state index contributed by atoms with van der Waals surface area (Å²) in [5.74, 6) is -0.801. The lowest BCUT2D eigenvalue weighted by molar-refractivity contribution is 0.196. The van der Waals surface area contributed by atoms with Gasteiger partial charge in [0.2, 0.25) is 0 Å². The molecule has 1 saturated heterocycles. The Morgan fingerprint density at radius 3 is 2.88 bits per heavy atom. The van der Waals surface area contributed by atoms with Gasteiger partial charge in [-0.1, -0.05) is 6.07 Å². The van der Waals surface area contributed by atoms with Crippen molar-refractivity contribution in [3.05, 3.63) is 53.5 Å². The third-order valence-corrected chi connectivity index (χ3v) is 4.79. The zero-order valence-electron chi connectivity index (χ0n) is 14.0. The molecule has 1 atom stereocenters. The van der Waals surface area contributed by atoms with Gasteiger partial charge in [-0.25, -0.2) is 23.4 Å². The minimum atomic E-state index is -0.545. The van der Waals surface area contributed by atoms with Crippen molar-refractivity contribution in [1.29, 1.82) is 0 Å². The Balaban J connectivity index is 1.56. The third-order valence-electron chi connectivity index (χ3n) is 4.79. The number of fused-ring (bicyclic) bond motifs is 1. The summed E-state index contributed by atoms with van der Waals surface area (Å²) >= 11 is 0. The van der Waals surface area contributed by atoms with E-state index in [1.165, 1.54) is 12.1 Å². The summed E-state index contributed by atoms with van der Waals surface area (Å²) < 4.78 is 28.8. The minimum absolute atomic E-state index is 0.234. The molecule has 0 spiro atoms. The average Bonchev–Trinajstić information content (AvgIpc) is 2.95. The largest absolute Gasteiger partial charge is 0.298 e. The van der Waals surface area contributed by atoms with Crippen LogP contribution in [0.2, 0.25) is 0 Å². The van der Waals surface area contributed by atoms with Gasteiger partial charge in [0.1, 0.15) is 17.2 Å². The maximum Gasteiger partial charge on any atom is 0.176 e. The molecule has 0 saturated carbocycles.